The fraction of sp³-hybridized carbons (Fsp3) is 0.629. The lowest BCUT2D eigenvalue weighted by molar-refractivity contribution is -0.203. The van der Waals surface area contributed by atoms with Crippen LogP contribution in [0.15, 0.2) is 30.3 Å². The van der Waals surface area contributed by atoms with E-state index in [-0.39, 0.29) is 119 Å². The van der Waals surface area contributed by atoms with Crippen molar-refractivity contribution in [2.45, 2.75) is 358 Å². The van der Waals surface area contributed by atoms with Crippen molar-refractivity contribution in [2.75, 3.05) is 6.61 Å². The first kappa shape index (κ1) is 136. The Hall–Kier alpha value is -14.1. The molecule has 5 N–H and O–H groups in total. The number of esters is 10. The maximum Gasteiger partial charge on any atom is 0.411 e. The zero-order valence-electron chi connectivity index (χ0n) is 86.8. The summed E-state index contributed by atoms with van der Waals surface area (Å²) in [6, 6.07) is 2.86. The van der Waals surface area contributed by atoms with Gasteiger partial charge in [-0.15, -0.1) is 23.3 Å². The van der Waals surface area contributed by atoms with Crippen LogP contribution < -0.4 is 49.9 Å². The fourth-order valence-electron chi connectivity index (χ4n) is 9.31. The largest absolute Gasteiger partial charge is 0.464 e. The number of carbonyl (C=O) groups is 20. The Morgan fingerprint density at radius 2 is 0.577 bits per heavy atom. The molecule has 0 heterocycles. The van der Waals surface area contributed by atoms with Crippen molar-refractivity contribution in [3.8, 4) is 0 Å². The minimum absolute atomic E-state index is 0. The molecule has 5 amide bonds. The second kappa shape index (κ2) is 69.7. The SMILES string of the molecule is C.C=[N+]=CC(=O)CC[C@H](NC(=O)OC(C)(C)OC(=O)C(C)(C)C)C(=O)OC(C)C.C=[N+]=CC(=O)CC[C@H](NC(=O)OC(C)OC(=O)C(C)C)C(=O)OCC.C=[N+]=CC(=O)CC[C@H](NC(=O)OC(OC(=O)C(C)(C)C)C(C)C)C(=O)OC(C)C.C=[N+]=CC(=O)CC[C@H](NC(=O)OC(OC(=O)C(C)(C)C)c1ccccc1)C(=O)OC(C)C.C=[N+]=CC(=O)CC[C@H](NC(=O)O[C@@H](C)OC(=O)C(C)(C)C)C(=O)OC(C)C. The van der Waals surface area contributed by atoms with E-state index in [1.54, 1.807) is 203 Å². The highest BCUT2D eigenvalue weighted by Crippen LogP contribution is 2.27. The maximum absolute atomic E-state index is 12.6. The average Bonchev–Trinajstić information content (AvgIpc) is 0.853. The third-order valence-corrected chi connectivity index (χ3v) is 16.3. The summed E-state index contributed by atoms with van der Waals surface area (Å²) in [5.74, 6) is -10.3. The van der Waals surface area contributed by atoms with E-state index in [4.69, 9.17) is 71.1 Å². The summed E-state index contributed by atoms with van der Waals surface area (Å²) in [5.41, 5.74) is -2.70. The highest BCUT2D eigenvalue weighted by atomic mass is 16.8. The summed E-state index contributed by atoms with van der Waals surface area (Å²) in [6.07, 6.45) is -6.53. The molecule has 0 aliphatic heterocycles. The van der Waals surface area contributed by atoms with Crippen LogP contribution in [0, 0.1) is 33.5 Å². The van der Waals surface area contributed by atoms with Gasteiger partial charge < -0.3 is 97.6 Å². The van der Waals surface area contributed by atoms with Crippen molar-refractivity contribution in [1.29, 1.82) is 0 Å². The average molecular weight is 2020 g/mol. The minimum Gasteiger partial charge on any atom is -0.464 e. The molecule has 0 spiro atoms. The number of nitrogens with one attached hydrogen (secondary N) is 5. The van der Waals surface area contributed by atoms with Gasteiger partial charge in [0.15, 0.2) is 0 Å². The quantitative estimate of drug-likeness (QED) is 0.0135. The second-order valence-electron chi connectivity index (χ2n) is 36.9. The number of hydrogen-bond acceptors (Lipinski definition) is 35. The predicted molar refractivity (Wildman–Crippen MR) is 527 cm³/mol. The van der Waals surface area contributed by atoms with E-state index >= 15 is 0 Å². The van der Waals surface area contributed by atoms with Crippen LogP contribution in [0.25, 0.3) is 0 Å². The van der Waals surface area contributed by atoms with E-state index in [1.165, 1.54) is 27.7 Å². The molecule has 0 aliphatic rings. The molecule has 45 heteroatoms. The fourth-order valence-corrected chi connectivity index (χ4v) is 9.31. The first-order valence-electron chi connectivity index (χ1n) is 45.0. The second-order valence-corrected chi connectivity index (χ2v) is 36.9. The smallest absolute Gasteiger partial charge is 0.411 e. The third kappa shape index (κ3) is 67.2. The molecule has 0 aromatic heterocycles. The molecule has 0 saturated carbocycles. The number of alkyl carbamates (subject to hydrolysis) is 5. The first-order valence-corrected chi connectivity index (χ1v) is 45.0. The monoisotopic (exact) mass is 2020 g/mol. The number of rotatable bonds is 48. The van der Waals surface area contributed by atoms with Gasteiger partial charge in [-0.25, -0.2) is 47.9 Å². The summed E-state index contributed by atoms with van der Waals surface area (Å²) in [4.78, 5) is 239. The van der Waals surface area contributed by atoms with Gasteiger partial charge in [-0.2, -0.15) is 0 Å². The van der Waals surface area contributed by atoms with Gasteiger partial charge in [0.05, 0.1) is 58.6 Å². The van der Waals surface area contributed by atoms with Crippen LogP contribution in [0.4, 0.5) is 24.0 Å². The standard InChI is InChI=1S/C23H30N2O7.C20H32N2O7.C19H30N2O7.C18H28N2O7.C16H24N2O7.CH4/c1-15(2)30-19(27)18(13-12-17(26)14-24-6)25-22(29)32-20(16-10-8-7-9-11-16)31-21(28)23(3,4)5;1-12(2)17(28-18(25)20(5,6)7)29-19(26)22-15(16(24)27-13(3)4)10-9-14(23)11-21-8;1-12(2)26-15(23)14(10-9-13(22)11-20-8)21-17(25)28-19(6,7)27-16(24)18(3,4)5;1-11(2)25-15(22)14(9-8-13(21)10-19-7)20-17(24)27-12(3)26-16(23)18(4,5)6;1-6-23-15(21)13(8-7-12(19)9-17-5)18-16(22)25-11(4)24-14(20)10(2)3;/h7-11,14-15,18,20H,6,12-13H2,1-5H3;11-13,15,17H,8-10H2,1-7H3;11-12,14H,8-10H2,1-7H3;10-12,14H,7-9H2,1-6H3;9-11,13H,5-8H2,1-4H3;1H4/p+5/t18-,20?;15-,17?;14-;12-,14-;11?,13-;/m00000./s1. The Morgan fingerprint density at radius 3 is 0.852 bits per heavy atom. The van der Waals surface area contributed by atoms with E-state index in [0.717, 1.165) is 31.1 Å². The summed E-state index contributed by atoms with van der Waals surface area (Å²) >= 11 is 0. The van der Waals surface area contributed by atoms with Gasteiger partial charge in [0.2, 0.25) is 41.5 Å². The molecule has 0 aliphatic carbocycles. The van der Waals surface area contributed by atoms with Crippen molar-refractivity contribution in [3.05, 3.63) is 35.9 Å². The van der Waals surface area contributed by atoms with Gasteiger partial charge >= 0.3 is 121 Å². The molecular formula is C97H153N10O35+5. The number of nitrogens with zero attached hydrogens (tertiary/aromatic N) is 5. The van der Waals surface area contributed by atoms with Crippen LogP contribution in [0.2, 0.25) is 0 Å². The van der Waals surface area contributed by atoms with Crippen LogP contribution in [0.1, 0.15) is 284 Å². The Balaban J connectivity index is -0.000000551. The number of hydrogen-bond donors (Lipinski definition) is 5. The lowest BCUT2D eigenvalue weighted by Crippen LogP contribution is -2.47. The number of ether oxygens (including phenoxy) is 15. The summed E-state index contributed by atoms with van der Waals surface area (Å²) in [6.45, 7) is 63.1. The molecule has 796 valence electrons. The van der Waals surface area contributed by atoms with Crippen molar-refractivity contribution in [3.63, 3.8) is 0 Å². The maximum atomic E-state index is 12.6. The van der Waals surface area contributed by atoms with Gasteiger partial charge in [-0.1, -0.05) is 65.5 Å². The molecule has 0 bridgehead atoms. The lowest BCUT2D eigenvalue weighted by Gasteiger charge is -2.29. The third-order valence-electron chi connectivity index (χ3n) is 16.3. The lowest BCUT2D eigenvalue weighted by atomic mass is 9.97. The number of carbonyl (C=O) groups excluding carboxylic acids is 20. The van der Waals surface area contributed by atoms with Crippen LogP contribution in [0.3, 0.4) is 0 Å². The van der Waals surface area contributed by atoms with Crippen LogP contribution in [-0.2, 0) is 143 Å². The van der Waals surface area contributed by atoms with Crippen LogP contribution >= 0.6 is 0 Å². The van der Waals surface area contributed by atoms with E-state index < -0.39 is 197 Å². The zero-order chi connectivity index (χ0) is 110. The number of benzene rings is 1. The highest BCUT2D eigenvalue weighted by Gasteiger charge is 2.39. The van der Waals surface area contributed by atoms with Gasteiger partial charge in [-0.3, -0.25) is 47.9 Å². The van der Waals surface area contributed by atoms with Gasteiger partial charge in [-0.05, 0) is 178 Å². The Bertz CT molecular complexity index is 4590. The minimum atomic E-state index is -1.56. The van der Waals surface area contributed by atoms with Gasteiger partial charge in [0.1, 0.15) is 30.2 Å². The van der Waals surface area contributed by atoms with Crippen molar-refractivity contribution >= 4 is 184 Å². The Morgan fingerprint density at radius 1 is 0.310 bits per heavy atom. The number of ketones is 5. The predicted octanol–water partition coefficient (Wildman–Crippen LogP) is 8.02. The molecule has 45 nitrogen and oxygen atoms in total. The van der Waals surface area contributed by atoms with Crippen LogP contribution in [-0.4, -0.2) is 270 Å². The molecule has 1 aromatic rings. The molecule has 1 aromatic carbocycles. The van der Waals surface area contributed by atoms with Crippen molar-refractivity contribution < 1.29 is 167 Å². The van der Waals surface area contributed by atoms with E-state index in [1.807, 2.05) is 0 Å². The molecule has 0 radical (unpaired) electrons. The molecule has 1 rings (SSSR count). The van der Waals surface area contributed by atoms with Crippen molar-refractivity contribution in [1.82, 2.24) is 49.9 Å². The van der Waals surface area contributed by atoms with E-state index in [9.17, 15) is 95.9 Å². The molecule has 9 atom stereocenters. The van der Waals surface area contributed by atoms with Gasteiger partial charge in [0, 0.05) is 71.3 Å². The number of Topliss-reactive ketones (excluding diaryl/α,β-unsaturated/α-hetero) is 5. The Labute approximate surface area is 831 Å². The summed E-state index contributed by atoms with van der Waals surface area (Å²) in [5, 5.41) is 11.7. The molecule has 0 fully saturated rings. The van der Waals surface area contributed by atoms with Crippen LogP contribution in [0.5, 0.6) is 0 Å². The summed E-state index contributed by atoms with van der Waals surface area (Å²) < 4.78 is 93.3. The molecule has 142 heavy (non-hydrogen) atoms. The topological polar surface area (TPSA) is 611 Å². The highest BCUT2D eigenvalue weighted by molar-refractivity contribution is 6.29. The normalized spacial score (nSPS) is 12.6. The molecule has 0 saturated heterocycles. The van der Waals surface area contributed by atoms with Gasteiger partial charge in [0.25, 0.3) is 52.0 Å². The molecule has 3 unspecified atom stereocenters. The Kier molecular flexibility index (Phi) is 66.9. The van der Waals surface area contributed by atoms with Crippen molar-refractivity contribution in [2.24, 2.45) is 33.5 Å². The number of amides is 5. The van der Waals surface area contributed by atoms with E-state index in [2.05, 4.69) is 83.5 Å². The summed E-state index contributed by atoms with van der Waals surface area (Å²) in [7, 11) is 0. The molecular weight excluding hydrogens is 1870 g/mol. The van der Waals surface area contributed by atoms with E-state index in [0.29, 0.717) is 5.56 Å². The first-order chi connectivity index (χ1) is 64.9. The zero-order valence-corrected chi connectivity index (χ0v) is 86.8.